The molecule has 0 atom stereocenters. The van der Waals surface area contributed by atoms with Crippen LogP contribution in [0.5, 0.6) is 0 Å². The molecule has 0 fully saturated rings. The monoisotopic (exact) mass is 181 g/mol. The van der Waals surface area contributed by atoms with Crippen molar-refractivity contribution in [3.05, 3.63) is 35.6 Å². The van der Waals surface area contributed by atoms with Crippen LogP contribution in [0.25, 0.3) is 0 Å². The number of benzene rings is 1. The maximum absolute atomic E-state index is 13.0. The SMILES string of the molecule is CC(C)O/N=C/c1ccccc1F. The van der Waals surface area contributed by atoms with Crippen LogP contribution in [0.4, 0.5) is 4.39 Å². The van der Waals surface area contributed by atoms with Gasteiger partial charge in [-0.15, -0.1) is 0 Å². The highest BCUT2D eigenvalue weighted by Gasteiger charge is 1.96. The standard InChI is InChI=1S/C10H12FNO/c1-8(2)13-12-7-9-5-3-4-6-10(9)11/h3-8H,1-2H3/b12-7+. The fourth-order valence-electron chi connectivity index (χ4n) is 0.789. The van der Waals surface area contributed by atoms with Crippen LogP contribution in [0.2, 0.25) is 0 Å². The molecule has 1 aromatic carbocycles. The fraction of sp³-hybridized carbons (Fsp3) is 0.300. The quantitative estimate of drug-likeness (QED) is 0.518. The Morgan fingerprint density at radius 1 is 1.38 bits per heavy atom. The molecule has 3 heteroatoms. The molecule has 0 unspecified atom stereocenters. The van der Waals surface area contributed by atoms with Crippen molar-refractivity contribution in [1.82, 2.24) is 0 Å². The number of oxime groups is 1. The van der Waals surface area contributed by atoms with Crippen molar-refractivity contribution in [2.45, 2.75) is 20.0 Å². The summed E-state index contributed by atoms with van der Waals surface area (Å²) in [7, 11) is 0. The van der Waals surface area contributed by atoms with Gasteiger partial charge in [0.1, 0.15) is 11.9 Å². The Labute approximate surface area is 77.0 Å². The van der Waals surface area contributed by atoms with E-state index < -0.39 is 0 Å². The van der Waals surface area contributed by atoms with Crippen molar-refractivity contribution in [3.63, 3.8) is 0 Å². The van der Waals surface area contributed by atoms with Crippen molar-refractivity contribution in [2.24, 2.45) is 5.16 Å². The Morgan fingerprint density at radius 3 is 2.69 bits per heavy atom. The first kappa shape index (κ1) is 9.71. The summed E-state index contributed by atoms with van der Waals surface area (Å²) >= 11 is 0. The molecule has 0 bridgehead atoms. The zero-order chi connectivity index (χ0) is 9.68. The van der Waals surface area contributed by atoms with E-state index in [1.54, 1.807) is 18.2 Å². The first-order chi connectivity index (χ1) is 6.20. The molecule has 2 nitrogen and oxygen atoms in total. The smallest absolute Gasteiger partial charge is 0.132 e. The zero-order valence-corrected chi connectivity index (χ0v) is 7.70. The minimum atomic E-state index is -0.293. The maximum atomic E-state index is 13.0. The van der Waals surface area contributed by atoms with Gasteiger partial charge in [0.25, 0.3) is 0 Å². The number of hydrogen-bond donors (Lipinski definition) is 0. The summed E-state index contributed by atoms with van der Waals surface area (Å²) in [4.78, 5) is 4.90. The third-order valence-electron chi connectivity index (χ3n) is 1.37. The molecule has 1 rings (SSSR count). The van der Waals surface area contributed by atoms with E-state index in [1.165, 1.54) is 12.3 Å². The van der Waals surface area contributed by atoms with Crippen molar-refractivity contribution in [1.29, 1.82) is 0 Å². The average Bonchev–Trinajstić information content (AvgIpc) is 2.08. The lowest BCUT2D eigenvalue weighted by atomic mass is 10.2. The Balaban J connectivity index is 2.63. The summed E-state index contributed by atoms with van der Waals surface area (Å²) in [6.45, 7) is 3.72. The largest absolute Gasteiger partial charge is 0.393 e. The van der Waals surface area contributed by atoms with Crippen LogP contribution < -0.4 is 0 Å². The van der Waals surface area contributed by atoms with Gasteiger partial charge in [0.15, 0.2) is 0 Å². The number of hydrogen-bond acceptors (Lipinski definition) is 2. The van der Waals surface area contributed by atoms with Gasteiger partial charge in [0.2, 0.25) is 0 Å². The lowest BCUT2D eigenvalue weighted by molar-refractivity contribution is 0.0873. The second-order valence-electron chi connectivity index (χ2n) is 2.91. The molecule has 0 heterocycles. The highest BCUT2D eigenvalue weighted by Crippen LogP contribution is 2.03. The summed E-state index contributed by atoms with van der Waals surface area (Å²) < 4.78 is 13.0. The molecule has 0 spiro atoms. The predicted octanol–water partition coefficient (Wildman–Crippen LogP) is 2.58. The average molecular weight is 181 g/mol. The first-order valence-electron chi connectivity index (χ1n) is 4.14. The Kier molecular flexibility index (Phi) is 3.43. The van der Waals surface area contributed by atoms with Gasteiger partial charge < -0.3 is 4.84 Å². The van der Waals surface area contributed by atoms with Crippen LogP contribution >= 0.6 is 0 Å². The van der Waals surface area contributed by atoms with Gasteiger partial charge in [-0.25, -0.2) is 4.39 Å². The Hall–Kier alpha value is -1.38. The highest BCUT2D eigenvalue weighted by molar-refractivity contribution is 5.79. The second-order valence-corrected chi connectivity index (χ2v) is 2.91. The molecular weight excluding hydrogens is 169 g/mol. The molecule has 0 aliphatic carbocycles. The van der Waals surface area contributed by atoms with E-state index in [4.69, 9.17) is 4.84 Å². The van der Waals surface area contributed by atoms with Crippen LogP contribution in [0.15, 0.2) is 29.4 Å². The maximum Gasteiger partial charge on any atom is 0.132 e. The Morgan fingerprint density at radius 2 is 2.08 bits per heavy atom. The van der Waals surface area contributed by atoms with Crippen molar-refractivity contribution < 1.29 is 9.23 Å². The number of halogens is 1. The molecule has 0 saturated heterocycles. The Bertz CT molecular complexity index is 297. The lowest BCUT2D eigenvalue weighted by Gasteiger charge is -2.00. The molecule has 0 aromatic heterocycles. The van der Waals surface area contributed by atoms with Crippen LogP contribution in [-0.2, 0) is 4.84 Å². The molecule has 70 valence electrons. The zero-order valence-electron chi connectivity index (χ0n) is 7.70. The van der Waals surface area contributed by atoms with Crippen LogP contribution in [0.3, 0.4) is 0 Å². The molecule has 13 heavy (non-hydrogen) atoms. The molecule has 0 aliphatic heterocycles. The topological polar surface area (TPSA) is 21.6 Å². The van der Waals surface area contributed by atoms with E-state index in [9.17, 15) is 4.39 Å². The van der Waals surface area contributed by atoms with Gasteiger partial charge in [-0.2, -0.15) is 0 Å². The van der Waals surface area contributed by atoms with Gasteiger partial charge in [0, 0.05) is 5.56 Å². The van der Waals surface area contributed by atoms with Gasteiger partial charge in [-0.1, -0.05) is 23.4 Å². The van der Waals surface area contributed by atoms with Gasteiger partial charge in [-0.05, 0) is 19.9 Å². The minimum absolute atomic E-state index is 0.0167. The second kappa shape index (κ2) is 4.60. The molecule has 0 amide bonds. The first-order valence-corrected chi connectivity index (χ1v) is 4.14. The van der Waals surface area contributed by atoms with E-state index in [0.717, 1.165) is 0 Å². The summed E-state index contributed by atoms with van der Waals surface area (Å²) in [5.41, 5.74) is 0.433. The highest BCUT2D eigenvalue weighted by atomic mass is 19.1. The van der Waals surface area contributed by atoms with Gasteiger partial charge in [0.05, 0.1) is 6.21 Å². The fourth-order valence-corrected chi connectivity index (χ4v) is 0.789. The van der Waals surface area contributed by atoms with Crippen molar-refractivity contribution in [2.75, 3.05) is 0 Å². The third kappa shape index (κ3) is 3.23. The van der Waals surface area contributed by atoms with E-state index in [2.05, 4.69) is 5.16 Å². The summed E-state index contributed by atoms with van der Waals surface area (Å²) in [6.07, 6.45) is 1.39. The van der Waals surface area contributed by atoms with Gasteiger partial charge in [-0.3, -0.25) is 0 Å². The summed E-state index contributed by atoms with van der Waals surface area (Å²) in [5, 5.41) is 3.64. The summed E-state index contributed by atoms with van der Waals surface area (Å²) in [6, 6.07) is 6.41. The normalized spacial score (nSPS) is 11.1. The van der Waals surface area contributed by atoms with E-state index >= 15 is 0 Å². The van der Waals surface area contributed by atoms with Crippen molar-refractivity contribution in [3.8, 4) is 0 Å². The molecular formula is C10H12FNO. The van der Waals surface area contributed by atoms with Crippen molar-refractivity contribution >= 4 is 6.21 Å². The van der Waals surface area contributed by atoms with Crippen LogP contribution in [0, 0.1) is 5.82 Å². The number of rotatable bonds is 3. The molecule has 0 N–H and O–H groups in total. The summed E-state index contributed by atoms with van der Waals surface area (Å²) in [5.74, 6) is -0.293. The van der Waals surface area contributed by atoms with E-state index in [0.29, 0.717) is 5.56 Å². The molecule has 0 aliphatic rings. The molecule has 0 radical (unpaired) electrons. The number of nitrogens with zero attached hydrogens (tertiary/aromatic N) is 1. The molecule has 1 aromatic rings. The van der Waals surface area contributed by atoms with Crippen LogP contribution in [0.1, 0.15) is 19.4 Å². The van der Waals surface area contributed by atoms with E-state index in [-0.39, 0.29) is 11.9 Å². The van der Waals surface area contributed by atoms with E-state index in [1.807, 2.05) is 13.8 Å². The third-order valence-corrected chi connectivity index (χ3v) is 1.37. The van der Waals surface area contributed by atoms with Crippen LogP contribution in [-0.4, -0.2) is 12.3 Å². The van der Waals surface area contributed by atoms with Gasteiger partial charge >= 0.3 is 0 Å². The lowest BCUT2D eigenvalue weighted by Crippen LogP contribution is -1.96. The molecule has 0 saturated carbocycles. The minimum Gasteiger partial charge on any atom is -0.393 e. The predicted molar refractivity (Wildman–Crippen MR) is 50.2 cm³/mol.